The van der Waals surface area contributed by atoms with Gasteiger partial charge in [-0.2, -0.15) is 0 Å². The van der Waals surface area contributed by atoms with Gasteiger partial charge in [-0.3, -0.25) is 4.79 Å². The van der Waals surface area contributed by atoms with Gasteiger partial charge in [0.1, 0.15) is 5.15 Å². The standard InChI is InChI=1S/C11H13ClN2O/c1-2-3-4-7-14-11(15)9-6-5-8-13-10(9)12/h2-3,5-6,8H,4,7H2,1H3,(H,14,15)/b3-2+. The zero-order valence-electron chi connectivity index (χ0n) is 8.53. The zero-order chi connectivity index (χ0) is 11.1. The van der Waals surface area contributed by atoms with Crippen LogP contribution in [-0.2, 0) is 0 Å². The lowest BCUT2D eigenvalue weighted by molar-refractivity contribution is 0.0954. The van der Waals surface area contributed by atoms with Crippen molar-refractivity contribution in [1.29, 1.82) is 0 Å². The predicted octanol–water partition coefficient (Wildman–Crippen LogP) is 2.43. The molecule has 0 atom stereocenters. The van der Waals surface area contributed by atoms with Crippen molar-refractivity contribution in [3.05, 3.63) is 41.2 Å². The third-order valence-corrected chi connectivity index (χ3v) is 2.14. The van der Waals surface area contributed by atoms with Crippen molar-refractivity contribution in [2.45, 2.75) is 13.3 Å². The van der Waals surface area contributed by atoms with Crippen LogP contribution in [0.5, 0.6) is 0 Å². The molecular weight excluding hydrogens is 212 g/mol. The van der Waals surface area contributed by atoms with E-state index >= 15 is 0 Å². The normalized spacial score (nSPS) is 10.5. The molecule has 1 rings (SSSR count). The number of carbonyl (C=O) groups is 1. The zero-order valence-corrected chi connectivity index (χ0v) is 9.29. The summed E-state index contributed by atoms with van der Waals surface area (Å²) in [5, 5.41) is 3.00. The Morgan fingerprint density at radius 1 is 1.67 bits per heavy atom. The molecule has 0 bridgehead atoms. The van der Waals surface area contributed by atoms with E-state index in [4.69, 9.17) is 11.6 Å². The van der Waals surface area contributed by atoms with Crippen molar-refractivity contribution < 1.29 is 4.79 Å². The Balaban J connectivity index is 2.51. The number of hydrogen-bond donors (Lipinski definition) is 1. The number of carbonyl (C=O) groups excluding carboxylic acids is 1. The first kappa shape index (κ1) is 11.7. The van der Waals surface area contributed by atoms with Crippen molar-refractivity contribution >= 4 is 17.5 Å². The second kappa shape index (κ2) is 6.19. The maximum Gasteiger partial charge on any atom is 0.254 e. The highest BCUT2D eigenvalue weighted by Crippen LogP contribution is 2.10. The molecule has 1 aromatic rings. The summed E-state index contributed by atoms with van der Waals surface area (Å²) in [6.45, 7) is 2.55. The molecule has 0 unspecified atom stereocenters. The SMILES string of the molecule is C/C=C/CCNC(=O)c1cccnc1Cl. The number of rotatable bonds is 4. The smallest absolute Gasteiger partial charge is 0.254 e. The molecule has 80 valence electrons. The van der Waals surface area contributed by atoms with Crippen molar-refractivity contribution in [2.24, 2.45) is 0 Å². The van der Waals surface area contributed by atoms with Gasteiger partial charge < -0.3 is 5.32 Å². The third-order valence-electron chi connectivity index (χ3n) is 1.84. The monoisotopic (exact) mass is 224 g/mol. The Bertz CT molecular complexity index is 363. The Morgan fingerprint density at radius 2 is 2.47 bits per heavy atom. The highest BCUT2D eigenvalue weighted by Gasteiger charge is 2.08. The van der Waals surface area contributed by atoms with E-state index in [1.54, 1.807) is 18.3 Å². The van der Waals surface area contributed by atoms with Gasteiger partial charge in [0.25, 0.3) is 5.91 Å². The summed E-state index contributed by atoms with van der Waals surface area (Å²) in [7, 11) is 0. The Hall–Kier alpha value is -1.35. The molecular formula is C11H13ClN2O. The van der Waals surface area contributed by atoms with E-state index in [0.29, 0.717) is 12.1 Å². The second-order valence-electron chi connectivity index (χ2n) is 2.96. The topological polar surface area (TPSA) is 42.0 Å². The van der Waals surface area contributed by atoms with Crippen LogP contribution >= 0.6 is 11.6 Å². The van der Waals surface area contributed by atoms with E-state index in [0.717, 1.165) is 6.42 Å². The van der Waals surface area contributed by atoms with Crippen LogP contribution in [0.25, 0.3) is 0 Å². The molecule has 3 nitrogen and oxygen atoms in total. The number of allylic oxidation sites excluding steroid dienone is 1. The van der Waals surface area contributed by atoms with E-state index in [1.165, 1.54) is 0 Å². The fraction of sp³-hybridized carbons (Fsp3) is 0.273. The number of halogens is 1. The first-order valence-corrected chi connectivity index (χ1v) is 5.13. The third kappa shape index (κ3) is 3.72. The molecule has 1 amide bonds. The van der Waals surface area contributed by atoms with Crippen LogP contribution in [0.4, 0.5) is 0 Å². The molecule has 4 heteroatoms. The lowest BCUT2D eigenvalue weighted by Crippen LogP contribution is -2.24. The maximum atomic E-state index is 11.6. The summed E-state index contributed by atoms with van der Waals surface area (Å²) in [5.41, 5.74) is 0.416. The van der Waals surface area contributed by atoms with Crippen LogP contribution < -0.4 is 5.32 Å². The molecule has 0 radical (unpaired) electrons. The minimum Gasteiger partial charge on any atom is -0.352 e. The molecule has 0 aliphatic rings. The van der Waals surface area contributed by atoms with Crippen LogP contribution in [0.15, 0.2) is 30.5 Å². The Labute approximate surface area is 94.2 Å². The molecule has 1 heterocycles. The summed E-state index contributed by atoms with van der Waals surface area (Å²) >= 11 is 5.77. The second-order valence-corrected chi connectivity index (χ2v) is 3.31. The molecule has 0 aliphatic heterocycles. The molecule has 0 saturated carbocycles. The Kier molecular flexibility index (Phi) is 4.84. The first-order chi connectivity index (χ1) is 7.25. The van der Waals surface area contributed by atoms with E-state index < -0.39 is 0 Å². The molecule has 1 aromatic heterocycles. The molecule has 0 aliphatic carbocycles. The Morgan fingerprint density at radius 3 is 3.13 bits per heavy atom. The van der Waals surface area contributed by atoms with E-state index in [-0.39, 0.29) is 11.1 Å². The van der Waals surface area contributed by atoms with Crippen molar-refractivity contribution in [1.82, 2.24) is 10.3 Å². The number of nitrogens with one attached hydrogen (secondary N) is 1. The molecule has 0 spiro atoms. The number of amides is 1. The van der Waals surface area contributed by atoms with Crippen molar-refractivity contribution in [3.63, 3.8) is 0 Å². The van der Waals surface area contributed by atoms with E-state index in [2.05, 4.69) is 10.3 Å². The van der Waals surface area contributed by atoms with Gasteiger partial charge in [-0.25, -0.2) is 4.98 Å². The quantitative estimate of drug-likeness (QED) is 0.485. The van der Waals surface area contributed by atoms with E-state index in [9.17, 15) is 4.79 Å². The van der Waals surface area contributed by atoms with E-state index in [1.807, 2.05) is 19.1 Å². The van der Waals surface area contributed by atoms with Gasteiger partial charge in [0.2, 0.25) is 0 Å². The van der Waals surface area contributed by atoms with Crippen LogP contribution in [-0.4, -0.2) is 17.4 Å². The largest absolute Gasteiger partial charge is 0.352 e. The summed E-state index contributed by atoms with van der Waals surface area (Å²) in [5.74, 6) is -0.183. The maximum absolute atomic E-state index is 11.6. The average molecular weight is 225 g/mol. The molecule has 0 saturated heterocycles. The van der Waals surface area contributed by atoms with Gasteiger partial charge in [-0.05, 0) is 25.5 Å². The number of aromatic nitrogens is 1. The fourth-order valence-corrected chi connectivity index (χ4v) is 1.29. The molecule has 0 aromatic carbocycles. The van der Waals surface area contributed by atoms with Gasteiger partial charge in [0.05, 0.1) is 5.56 Å². The summed E-state index contributed by atoms with van der Waals surface area (Å²) in [6.07, 6.45) is 6.31. The van der Waals surface area contributed by atoms with Gasteiger partial charge in [-0.1, -0.05) is 23.8 Å². The number of hydrogen-bond acceptors (Lipinski definition) is 2. The molecule has 15 heavy (non-hydrogen) atoms. The summed E-state index contributed by atoms with van der Waals surface area (Å²) < 4.78 is 0. The lowest BCUT2D eigenvalue weighted by Gasteiger charge is -2.03. The van der Waals surface area contributed by atoms with Crippen LogP contribution in [0.3, 0.4) is 0 Å². The van der Waals surface area contributed by atoms with Gasteiger partial charge in [0, 0.05) is 12.7 Å². The van der Waals surface area contributed by atoms with Gasteiger partial charge >= 0.3 is 0 Å². The summed E-state index contributed by atoms with van der Waals surface area (Å²) in [6, 6.07) is 3.34. The minimum absolute atomic E-state index is 0.183. The number of pyridine rings is 1. The highest BCUT2D eigenvalue weighted by atomic mass is 35.5. The van der Waals surface area contributed by atoms with Crippen molar-refractivity contribution in [3.8, 4) is 0 Å². The van der Waals surface area contributed by atoms with Crippen LogP contribution in [0.2, 0.25) is 5.15 Å². The fourth-order valence-electron chi connectivity index (χ4n) is 1.09. The van der Waals surface area contributed by atoms with Crippen LogP contribution in [0.1, 0.15) is 23.7 Å². The van der Waals surface area contributed by atoms with Gasteiger partial charge in [-0.15, -0.1) is 0 Å². The van der Waals surface area contributed by atoms with Crippen LogP contribution in [0, 0.1) is 0 Å². The predicted molar refractivity (Wildman–Crippen MR) is 61.0 cm³/mol. The average Bonchev–Trinajstić information content (AvgIpc) is 2.25. The first-order valence-electron chi connectivity index (χ1n) is 4.75. The summed E-state index contributed by atoms with van der Waals surface area (Å²) in [4.78, 5) is 15.4. The van der Waals surface area contributed by atoms with Crippen molar-refractivity contribution in [2.75, 3.05) is 6.54 Å². The lowest BCUT2D eigenvalue weighted by atomic mass is 10.2. The van der Waals surface area contributed by atoms with Gasteiger partial charge in [0.15, 0.2) is 0 Å². The minimum atomic E-state index is -0.183. The highest BCUT2D eigenvalue weighted by molar-refractivity contribution is 6.32. The molecule has 1 N–H and O–H groups in total. The molecule has 0 fully saturated rings. The number of nitrogens with zero attached hydrogens (tertiary/aromatic N) is 1.